The first-order chi connectivity index (χ1) is 14.3. The van der Waals surface area contributed by atoms with Gasteiger partial charge < -0.3 is 4.57 Å². The zero-order valence-corrected chi connectivity index (χ0v) is 16.9. The predicted molar refractivity (Wildman–Crippen MR) is 121 cm³/mol. The summed E-state index contributed by atoms with van der Waals surface area (Å²) in [6, 6.07) is 27.3. The van der Waals surface area contributed by atoms with Gasteiger partial charge in [0.05, 0.1) is 11.0 Å². The highest BCUT2D eigenvalue weighted by Crippen LogP contribution is 2.60. The summed E-state index contributed by atoms with van der Waals surface area (Å²) in [5, 5.41) is 2.68. The number of hydrogen-bond acceptors (Lipinski definition) is 0. The molecular formula is C28H27N. The lowest BCUT2D eigenvalue weighted by molar-refractivity contribution is -0.00518. The molecule has 8 rings (SSSR count). The van der Waals surface area contributed by atoms with Crippen LogP contribution in [0.4, 0.5) is 0 Å². The molecule has 4 bridgehead atoms. The fraction of sp³-hybridized carbons (Fsp3) is 0.357. The normalized spacial score (nSPS) is 30.4. The fourth-order valence-corrected chi connectivity index (χ4v) is 7.63. The lowest BCUT2D eigenvalue weighted by atomic mass is 9.48. The second-order valence-electron chi connectivity index (χ2n) is 10.1. The van der Waals surface area contributed by atoms with Crippen LogP contribution in [0.3, 0.4) is 0 Å². The molecular weight excluding hydrogens is 350 g/mol. The maximum absolute atomic E-state index is 2.46. The Morgan fingerprint density at radius 3 is 1.59 bits per heavy atom. The Morgan fingerprint density at radius 2 is 1.07 bits per heavy atom. The monoisotopic (exact) mass is 377 g/mol. The Labute approximate surface area is 172 Å². The highest BCUT2D eigenvalue weighted by molar-refractivity contribution is 6.09. The second kappa shape index (κ2) is 5.75. The molecule has 1 aromatic heterocycles. The fourth-order valence-electron chi connectivity index (χ4n) is 7.63. The third-order valence-corrected chi connectivity index (χ3v) is 8.36. The summed E-state index contributed by atoms with van der Waals surface area (Å²) in [6.45, 7) is 0. The number of aromatic nitrogens is 1. The molecule has 4 aromatic rings. The third kappa shape index (κ3) is 2.28. The van der Waals surface area contributed by atoms with Crippen molar-refractivity contribution in [2.75, 3.05) is 0 Å². The largest absolute Gasteiger partial charge is 0.309 e. The summed E-state index contributed by atoms with van der Waals surface area (Å²) in [5.74, 6) is 3.00. The average Bonchev–Trinajstić information content (AvgIpc) is 3.07. The Bertz CT molecular complexity index is 1140. The molecule has 1 nitrogen and oxygen atoms in total. The minimum absolute atomic E-state index is 0.480. The lowest BCUT2D eigenvalue weighted by Crippen LogP contribution is -2.48. The Hall–Kier alpha value is -2.54. The van der Waals surface area contributed by atoms with E-state index in [0.29, 0.717) is 5.41 Å². The van der Waals surface area contributed by atoms with E-state index in [2.05, 4.69) is 77.4 Å². The Balaban J connectivity index is 1.36. The van der Waals surface area contributed by atoms with E-state index in [9.17, 15) is 0 Å². The summed E-state index contributed by atoms with van der Waals surface area (Å²) in [6.07, 6.45) is 8.85. The van der Waals surface area contributed by atoms with E-state index in [1.54, 1.807) is 5.56 Å². The lowest BCUT2D eigenvalue weighted by Gasteiger charge is -2.57. The van der Waals surface area contributed by atoms with Crippen LogP contribution in [0, 0.1) is 17.8 Å². The Morgan fingerprint density at radius 1 is 0.586 bits per heavy atom. The number of para-hydroxylation sites is 2. The van der Waals surface area contributed by atoms with Crippen LogP contribution >= 0.6 is 0 Å². The Kier molecular flexibility index (Phi) is 3.23. The van der Waals surface area contributed by atoms with Crippen molar-refractivity contribution >= 4 is 21.8 Å². The van der Waals surface area contributed by atoms with E-state index in [0.717, 1.165) is 17.8 Å². The number of benzene rings is 3. The van der Waals surface area contributed by atoms with Gasteiger partial charge in [-0.15, -0.1) is 0 Å². The first-order valence-electron chi connectivity index (χ1n) is 11.4. The van der Waals surface area contributed by atoms with Crippen LogP contribution in [-0.2, 0) is 5.41 Å². The maximum atomic E-state index is 2.46. The molecule has 0 radical (unpaired) electrons. The molecule has 4 fully saturated rings. The summed E-state index contributed by atoms with van der Waals surface area (Å²) in [7, 11) is 0. The van der Waals surface area contributed by atoms with Crippen molar-refractivity contribution in [1.82, 2.24) is 4.57 Å². The molecule has 144 valence electrons. The molecule has 0 aliphatic heterocycles. The summed E-state index contributed by atoms with van der Waals surface area (Å²) >= 11 is 0. The maximum Gasteiger partial charge on any atom is 0.0541 e. The number of nitrogens with zero attached hydrogens (tertiary/aromatic N) is 1. The molecule has 3 aromatic carbocycles. The molecule has 0 spiro atoms. The molecule has 0 atom stereocenters. The van der Waals surface area contributed by atoms with Gasteiger partial charge in [-0.1, -0.05) is 48.5 Å². The van der Waals surface area contributed by atoms with Crippen LogP contribution in [0.5, 0.6) is 0 Å². The van der Waals surface area contributed by atoms with E-state index < -0.39 is 0 Å². The molecule has 4 aliphatic rings. The van der Waals surface area contributed by atoms with Crippen LogP contribution in [0.1, 0.15) is 44.1 Å². The van der Waals surface area contributed by atoms with Crippen LogP contribution in [0.15, 0.2) is 72.8 Å². The van der Waals surface area contributed by atoms with Crippen molar-refractivity contribution in [3.8, 4) is 5.69 Å². The first-order valence-corrected chi connectivity index (χ1v) is 11.4. The number of rotatable bonds is 2. The van der Waals surface area contributed by atoms with Gasteiger partial charge >= 0.3 is 0 Å². The zero-order chi connectivity index (χ0) is 19.0. The minimum atomic E-state index is 0.480. The third-order valence-electron chi connectivity index (χ3n) is 8.36. The predicted octanol–water partition coefficient (Wildman–Crippen LogP) is 7.25. The van der Waals surface area contributed by atoms with E-state index in [1.165, 1.54) is 66.0 Å². The molecule has 4 aliphatic carbocycles. The van der Waals surface area contributed by atoms with E-state index in [1.807, 2.05) is 0 Å². The van der Waals surface area contributed by atoms with E-state index >= 15 is 0 Å². The van der Waals surface area contributed by atoms with Gasteiger partial charge in [0.2, 0.25) is 0 Å². The van der Waals surface area contributed by atoms with Gasteiger partial charge in [0.25, 0.3) is 0 Å². The topological polar surface area (TPSA) is 4.93 Å². The number of hydrogen-bond donors (Lipinski definition) is 0. The molecule has 1 heterocycles. The van der Waals surface area contributed by atoms with E-state index in [-0.39, 0.29) is 0 Å². The van der Waals surface area contributed by atoms with Crippen LogP contribution < -0.4 is 0 Å². The summed E-state index contributed by atoms with van der Waals surface area (Å²) in [5.41, 5.74) is 5.98. The molecule has 1 heteroatoms. The van der Waals surface area contributed by atoms with Gasteiger partial charge in [-0.2, -0.15) is 0 Å². The summed E-state index contributed by atoms with van der Waals surface area (Å²) in [4.78, 5) is 0. The molecule has 0 unspecified atom stereocenters. The molecule has 29 heavy (non-hydrogen) atoms. The quantitative estimate of drug-likeness (QED) is 0.347. The van der Waals surface area contributed by atoms with Crippen molar-refractivity contribution in [3.05, 3.63) is 78.4 Å². The minimum Gasteiger partial charge on any atom is -0.309 e. The van der Waals surface area contributed by atoms with Gasteiger partial charge in [-0.3, -0.25) is 0 Å². The molecule has 0 N–H and O–H groups in total. The molecule has 4 saturated carbocycles. The van der Waals surface area contributed by atoms with Crippen molar-refractivity contribution in [2.24, 2.45) is 17.8 Å². The molecule has 0 saturated heterocycles. The average molecular weight is 378 g/mol. The van der Waals surface area contributed by atoms with Gasteiger partial charge in [0.1, 0.15) is 0 Å². The van der Waals surface area contributed by atoms with Gasteiger partial charge in [-0.05, 0) is 91.5 Å². The van der Waals surface area contributed by atoms with Crippen LogP contribution in [0.2, 0.25) is 0 Å². The SMILES string of the molecule is c1ccc2c(c1)c1ccccc1n2-c1ccc(C23CC4CC(CC(C4)C2)C3)cc1. The van der Waals surface area contributed by atoms with Gasteiger partial charge in [-0.25, -0.2) is 0 Å². The smallest absolute Gasteiger partial charge is 0.0541 e. The second-order valence-corrected chi connectivity index (χ2v) is 10.1. The first kappa shape index (κ1) is 16.3. The van der Waals surface area contributed by atoms with Crippen molar-refractivity contribution in [3.63, 3.8) is 0 Å². The highest BCUT2D eigenvalue weighted by Gasteiger charge is 2.51. The van der Waals surface area contributed by atoms with Crippen molar-refractivity contribution in [1.29, 1.82) is 0 Å². The van der Waals surface area contributed by atoms with E-state index in [4.69, 9.17) is 0 Å². The van der Waals surface area contributed by atoms with Crippen molar-refractivity contribution in [2.45, 2.75) is 43.9 Å². The van der Waals surface area contributed by atoms with Gasteiger partial charge in [0.15, 0.2) is 0 Å². The number of fused-ring (bicyclic) bond motifs is 3. The van der Waals surface area contributed by atoms with Crippen LogP contribution in [0.25, 0.3) is 27.5 Å². The zero-order valence-electron chi connectivity index (χ0n) is 16.9. The van der Waals surface area contributed by atoms with Gasteiger partial charge in [0, 0.05) is 16.5 Å². The standard InChI is InChI=1S/C28H27N/c1-3-7-26-24(5-1)25-6-2-4-8-27(25)29(26)23-11-9-22(10-12-23)28-16-19-13-20(17-28)15-21(14-19)18-28/h1-12,19-21H,13-18H2. The van der Waals surface area contributed by atoms with Crippen LogP contribution in [-0.4, -0.2) is 4.57 Å². The summed E-state index contributed by atoms with van der Waals surface area (Å²) < 4.78 is 2.44. The molecule has 0 amide bonds. The highest BCUT2D eigenvalue weighted by atomic mass is 15.0. The van der Waals surface area contributed by atoms with Crippen molar-refractivity contribution < 1.29 is 0 Å².